The van der Waals surface area contributed by atoms with E-state index in [1.807, 2.05) is 0 Å². The van der Waals surface area contributed by atoms with Crippen molar-refractivity contribution in [2.45, 2.75) is 19.8 Å². The number of rotatable bonds is 4. The number of halogens is 1. The van der Waals surface area contributed by atoms with Gasteiger partial charge in [-0.15, -0.1) is 11.6 Å². The summed E-state index contributed by atoms with van der Waals surface area (Å²) in [6.45, 7) is 7.06. The summed E-state index contributed by atoms with van der Waals surface area (Å²) in [7, 11) is -3.25. The Bertz CT molecular complexity index is 382. The normalized spacial score (nSPS) is 28.6. The number of nitrogens with zero attached hydrogens (tertiary/aromatic N) is 3. The van der Waals surface area contributed by atoms with Crippen molar-refractivity contribution in [2.24, 2.45) is 5.92 Å². The lowest BCUT2D eigenvalue weighted by atomic mass is 10.0. The lowest BCUT2D eigenvalue weighted by molar-refractivity contribution is 0.182. The molecule has 0 spiro atoms. The van der Waals surface area contributed by atoms with Gasteiger partial charge in [0.05, 0.1) is 0 Å². The third kappa shape index (κ3) is 3.82. The molecule has 1 unspecified atom stereocenters. The second kappa shape index (κ2) is 6.72. The highest BCUT2D eigenvalue weighted by Gasteiger charge is 2.34. The van der Waals surface area contributed by atoms with Gasteiger partial charge in [0.1, 0.15) is 0 Å². The predicted octanol–water partition coefficient (Wildman–Crippen LogP) is 0.820. The van der Waals surface area contributed by atoms with E-state index in [2.05, 4.69) is 11.8 Å². The molecule has 1 atom stereocenters. The van der Waals surface area contributed by atoms with E-state index in [1.54, 1.807) is 8.61 Å². The molecule has 0 aromatic heterocycles. The van der Waals surface area contributed by atoms with Crippen molar-refractivity contribution in [1.29, 1.82) is 0 Å². The minimum atomic E-state index is -3.25. The largest absolute Gasteiger partial charge is 0.300 e. The first-order chi connectivity index (χ1) is 9.04. The molecule has 0 saturated carbocycles. The number of piperazine rings is 1. The summed E-state index contributed by atoms with van der Waals surface area (Å²) in [5.74, 6) is 1.08. The van der Waals surface area contributed by atoms with E-state index in [0.717, 1.165) is 32.5 Å². The molecular formula is C12H24ClN3O2S. The van der Waals surface area contributed by atoms with Gasteiger partial charge in [-0.05, 0) is 18.8 Å². The van der Waals surface area contributed by atoms with Crippen molar-refractivity contribution in [3.05, 3.63) is 0 Å². The Kier molecular flexibility index (Phi) is 5.48. The molecule has 2 rings (SSSR count). The molecule has 0 N–H and O–H groups in total. The third-order valence-electron chi connectivity index (χ3n) is 4.00. The van der Waals surface area contributed by atoms with Crippen LogP contribution in [0.4, 0.5) is 0 Å². The highest BCUT2D eigenvalue weighted by molar-refractivity contribution is 7.86. The van der Waals surface area contributed by atoms with Crippen LogP contribution >= 0.6 is 11.6 Å². The Balaban J connectivity index is 1.93. The maximum absolute atomic E-state index is 12.6. The first kappa shape index (κ1) is 15.5. The van der Waals surface area contributed by atoms with Crippen LogP contribution in [0.25, 0.3) is 0 Å². The van der Waals surface area contributed by atoms with Crippen LogP contribution in [0.1, 0.15) is 19.8 Å². The fourth-order valence-electron chi connectivity index (χ4n) is 2.82. The molecule has 0 aliphatic carbocycles. The lowest BCUT2D eigenvalue weighted by Gasteiger charge is -2.38. The van der Waals surface area contributed by atoms with E-state index in [4.69, 9.17) is 11.6 Å². The Morgan fingerprint density at radius 1 is 1.11 bits per heavy atom. The number of alkyl halides is 1. The Labute approximate surface area is 121 Å². The van der Waals surface area contributed by atoms with Gasteiger partial charge < -0.3 is 0 Å². The maximum Gasteiger partial charge on any atom is 0.282 e. The van der Waals surface area contributed by atoms with Crippen molar-refractivity contribution in [3.8, 4) is 0 Å². The van der Waals surface area contributed by atoms with Crippen LogP contribution in [0, 0.1) is 5.92 Å². The summed E-state index contributed by atoms with van der Waals surface area (Å²) >= 11 is 5.72. The van der Waals surface area contributed by atoms with Crippen molar-refractivity contribution in [1.82, 2.24) is 13.5 Å². The first-order valence-corrected chi connectivity index (χ1v) is 9.00. The minimum Gasteiger partial charge on any atom is -0.300 e. The molecule has 5 nitrogen and oxygen atoms in total. The number of hydrogen-bond acceptors (Lipinski definition) is 3. The topological polar surface area (TPSA) is 43.9 Å². The summed E-state index contributed by atoms with van der Waals surface area (Å²) in [5.41, 5.74) is 0. The molecule has 0 amide bonds. The predicted molar refractivity (Wildman–Crippen MR) is 77.6 cm³/mol. The standard InChI is InChI=1S/C12H24ClN3O2S/c1-12-3-2-5-16(11-12)19(17,18)15-9-7-14(6-4-13)8-10-15/h12H,2-11H2,1H3. The zero-order chi connectivity index (χ0) is 13.9. The Hall–Kier alpha value is 0.120. The SMILES string of the molecule is CC1CCCN(S(=O)(=O)N2CCN(CCCl)CC2)C1. The van der Waals surface area contributed by atoms with Crippen LogP contribution in [0.15, 0.2) is 0 Å². The van der Waals surface area contributed by atoms with E-state index >= 15 is 0 Å². The van der Waals surface area contributed by atoms with Crippen molar-refractivity contribution in [3.63, 3.8) is 0 Å². The quantitative estimate of drug-likeness (QED) is 0.722. The number of piperidine rings is 1. The van der Waals surface area contributed by atoms with E-state index in [1.165, 1.54) is 0 Å². The van der Waals surface area contributed by atoms with Gasteiger partial charge in [-0.1, -0.05) is 6.92 Å². The van der Waals surface area contributed by atoms with Crippen LogP contribution in [0.3, 0.4) is 0 Å². The molecule has 0 aromatic carbocycles. The summed E-state index contributed by atoms with van der Waals surface area (Å²) in [5, 5.41) is 0. The van der Waals surface area contributed by atoms with Crippen LogP contribution in [-0.2, 0) is 10.2 Å². The van der Waals surface area contributed by atoms with Gasteiger partial charge in [0, 0.05) is 51.7 Å². The molecule has 0 radical (unpaired) electrons. The van der Waals surface area contributed by atoms with E-state index in [-0.39, 0.29) is 0 Å². The van der Waals surface area contributed by atoms with Crippen molar-refractivity contribution >= 4 is 21.8 Å². The molecule has 7 heteroatoms. The van der Waals surface area contributed by atoms with Gasteiger partial charge in [0.15, 0.2) is 0 Å². The minimum absolute atomic E-state index is 0.473. The van der Waals surface area contributed by atoms with E-state index in [9.17, 15) is 8.42 Å². The van der Waals surface area contributed by atoms with Gasteiger partial charge in [0.25, 0.3) is 10.2 Å². The average Bonchev–Trinajstić information content (AvgIpc) is 2.40. The lowest BCUT2D eigenvalue weighted by Crippen LogP contribution is -2.54. The number of hydrogen-bond donors (Lipinski definition) is 0. The van der Waals surface area contributed by atoms with Gasteiger partial charge in [0.2, 0.25) is 0 Å². The molecule has 0 aromatic rings. The second-order valence-corrected chi connectivity index (χ2v) is 7.85. The summed E-state index contributed by atoms with van der Waals surface area (Å²) in [6, 6.07) is 0. The van der Waals surface area contributed by atoms with Crippen LogP contribution < -0.4 is 0 Å². The molecule has 2 heterocycles. The molecule has 19 heavy (non-hydrogen) atoms. The van der Waals surface area contributed by atoms with Crippen LogP contribution in [0.2, 0.25) is 0 Å². The summed E-state index contributed by atoms with van der Waals surface area (Å²) < 4.78 is 28.4. The monoisotopic (exact) mass is 309 g/mol. The van der Waals surface area contributed by atoms with Gasteiger partial charge in [-0.3, -0.25) is 4.90 Å². The smallest absolute Gasteiger partial charge is 0.282 e. The van der Waals surface area contributed by atoms with Crippen molar-refractivity contribution < 1.29 is 8.42 Å². The highest BCUT2D eigenvalue weighted by atomic mass is 35.5. The molecule has 2 saturated heterocycles. The molecule has 112 valence electrons. The van der Waals surface area contributed by atoms with Gasteiger partial charge in [-0.2, -0.15) is 17.0 Å². The Morgan fingerprint density at radius 3 is 2.37 bits per heavy atom. The molecular weight excluding hydrogens is 286 g/mol. The zero-order valence-corrected chi connectivity index (χ0v) is 13.2. The summed E-state index contributed by atoms with van der Waals surface area (Å²) in [4.78, 5) is 2.22. The van der Waals surface area contributed by atoms with E-state index < -0.39 is 10.2 Å². The molecule has 2 fully saturated rings. The van der Waals surface area contributed by atoms with Crippen LogP contribution in [0.5, 0.6) is 0 Å². The highest BCUT2D eigenvalue weighted by Crippen LogP contribution is 2.21. The zero-order valence-electron chi connectivity index (χ0n) is 11.6. The average molecular weight is 310 g/mol. The summed E-state index contributed by atoms with van der Waals surface area (Å²) in [6.07, 6.45) is 2.11. The Morgan fingerprint density at radius 2 is 1.79 bits per heavy atom. The van der Waals surface area contributed by atoms with Gasteiger partial charge >= 0.3 is 0 Å². The molecule has 0 bridgehead atoms. The molecule has 2 aliphatic heterocycles. The van der Waals surface area contributed by atoms with E-state index in [0.29, 0.717) is 38.0 Å². The van der Waals surface area contributed by atoms with Crippen molar-refractivity contribution in [2.75, 3.05) is 51.7 Å². The molecule has 2 aliphatic rings. The van der Waals surface area contributed by atoms with Crippen LogP contribution in [-0.4, -0.2) is 73.6 Å². The fraction of sp³-hybridized carbons (Fsp3) is 1.00. The van der Waals surface area contributed by atoms with Gasteiger partial charge in [-0.25, -0.2) is 0 Å². The maximum atomic E-state index is 12.6. The second-order valence-electron chi connectivity index (χ2n) is 5.54. The third-order valence-corrected chi connectivity index (χ3v) is 6.18. The fourth-order valence-corrected chi connectivity index (χ4v) is 4.82. The first-order valence-electron chi connectivity index (χ1n) is 7.07.